The Kier molecular flexibility index (Phi) is 4.51. The lowest BCUT2D eigenvalue weighted by atomic mass is 10.2. The summed E-state index contributed by atoms with van der Waals surface area (Å²) >= 11 is 0. The maximum absolute atomic E-state index is 5.86. The Hall–Kier alpha value is -1.87. The van der Waals surface area contributed by atoms with Crippen molar-refractivity contribution in [3.05, 3.63) is 59.3 Å². The van der Waals surface area contributed by atoms with Gasteiger partial charge in [-0.1, -0.05) is 37.3 Å². The Labute approximate surface area is 126 Å². The van der Waals surface area contributed by atoms with Crippen LogP contribution in [-0.2, 0) is 19.6 Å². The Bertz CT molecular complexity index is 579. The lowest BCUT2D eigenvalue weighted by molar-refractivity contribution is 0.292. The zero-order valence-corrected chi connectivity index (χ0v) is 12.5. The highest BCUT2D eigenvalue weighted by atomic mass is 16.5. The van der Waals surface area contributed by atoms with Gasteiger partial charge in [0.05, 0.1) is 0 Å². The van der Waals surface area contributed by atoms with Crippen LogP contribution in [0.25, 0.3) is 0 Å². The fourth-order valence-electron chi connectivity index (χ4n) is 2.26. The summed E-state index contributed by atoms with van der Waals surface area (Å²) in [6, 6.07) is 15.2. The van der Waals surface area contributed by atoms with E-state index in [4.69, 9.17) is 4.74 Å². The molecule has 1 aliphatic carbocycles. The van der Waals surface area contributed by atoms with Crippen molar-refractivity contribution in [3.63, 3.8) is 0 Å². The van der Waals surface area contributed by atoms with Crippen LogP contribution in [0.1, 0.15) is 36.6 Å². The Balaban J connectivity index is 1.66. The molecule has 1 saturated carbocycles. The van der Waals surface area contributed by atoms with Gasteiger partial charge in [0.1, 0.15) is 6.61 Å². The fourth-order valence-corrected chi connectivity index (χ4v) is 2.26. The van der Waals surface area contributed by atoms with Crippen LogP contribution >= 0.6 is 0 Å². The third-order valence-corrected chi connectivity index (χ3v) is 3.68. The van der Waals surface area contributed by atoms with E-state index < -0.39 is 0 Å². The van der Waals surface area contributed by atoms with Gasteiger partial charge >= 0.3 is 0 Å². The average Bonchev–Trinajstić information content (AvgIpc) is 3.36. The maximum atomic E-state index is 5.86. The summed E-state index contributed by atoms with van der Waals surface area (Å²) in [6.45, 7) is 3.60. The minimum absolute atomic E-state index is 0.566. The zero-order valence-electron chi connectivity index (χ0n) is 12.5. The van der Waals surface area contributed by atoms with Gasteiger partial charge in [0.15, 0.2) is 0 Å². The third-order valence-electron chi connectivity index (χ3n) is 3.68. The number of pyridine rings is 1. The molecule has 3 nitrogen and oxygen atoms in total. The fraction of sp³-hybridized carbons (Fsp3) is 0.389. The maximum Gasteiger partial charge on any atom is 0.214 e. The van der Waals surface area contributed by atoms with E-state index >= 15 is 0 Å². The molecule has 0 aliphatic heterocycles. The SMILES string of the molecule is CCc1cc(CNC2CC2)cc(OCc2ccccc2)n1. The predicted molar refractivity (Wildman–Crippen MR) is 84.3 cm³/mol. The molecule has 0 spiro atoms. The Morgan fingerprint density at radius 2 is 1.95 bits per heavy atom. The standard InChI is InChI=1S/C18H22N2O/c1-2-16-10-15(12-19-17-8-9-17)11-18(20-16)21-13-14-6-4-3-5-7-14/h3-7,10-11,17,19H,2,8-9,12-13H2,1H3. The molecule has 3 heteroatoms. The van der Waals surface area contributed by atoms with Gasteiger partial charge in [0, 0.05) is 24.3 Å². The van der Waals surface area contributed by atoms with Crippen molar-refractivity contribution in [1.82, 2.24) is 10.3 Å². The van der Waals surface area contributed by atoms with Crippen molar-refractivity contribution in [2.75, 3.05) is 0 Å². The molecule has 0 unspecified atom stereocenters. The Morgan fingerprint density at radius 3 is 2.67 bits per heavy atom. The quantitative estimate of drug-likeness (QED) is 0.844. The van der Waals surface area contributed by atoms with Crippen LogP contribution < -0.4 is 10.1 Å². The zero-order chi connectivity index (χ0) is 14.5. The largest absolute Gasteiger partial charge is 0.473 e. The number of hydrogen-bond donors (Lipinski definition) is 1. The first-order chi connectivity index (χ1) is 10.3. The molecule has 0 amide bonds. The summed E-state index contributed by atoms with van der Waals surface area (Å²) in [4.78, 5) is 4.56. The van der Waals surface area contributed by atoms with Crippen molar-refractivity contribution >= 4 is 0 Å². The lowest BCUT2D eigenvalue weighted by Gasteiger charge is -2.10. The second kappa shape index (κ2) is 6.72. The van der Waals surface area contributed by atoms with Crippen LogP contribution in [0.3, 0.4) is 0 Å². The molecule has 2 aromatic rings. The van der Waals surface area contributed by atoms with Crippen LogP contribution in [0, 0.1) is 0 Å². The second-order valence-electron chi connectivity index (χ2n) is 5.59. The number of nitrogens with one attached hydrogen (secondary N) is 1. The molecule has 0 bridgehead atoms. The number of aryl methyl sites for hydroxylation is 1. The summed E-state index contributed by atoms with van der Waals surface area (Å²) in [5.41, 5.74) is 3.52. The van der Waals surface area contributed by atoms with Crippen LogP contribution in [-0.4, -0.2) is 11.0 Å². The average molecular weight is 282 g/mol. The first-order valence-corrected chi connectivity index (χ1v) is 7.73. The van der Waals surface area contributed by atoms with Gasteiger partial charge in [-0.05, 0) is 36.5 Å². The molecule has 1 N–H and O–H groups in total. The topological polar surface area (TPSA) is 34.1 Å². The summed E-state index contributed by atoms with van der Waals surface area (Å²) < 4.78 is 5.86. The molecule has 110 valence electrons. The van der Waals surface area contributed by atoms with E-state index in [1.54, 1.807) is 0 Å². The minimum Gasteiger partial charge on any atom is -0.473 e. The van der Waals surface area contributed by atoms with Gasteiger partial charge in [-0.15, -0.1) is 0 Å². The highest BCUT2D eigenvalue weighted by Gasteiger charge is 2.20. The van der Waals surface area contributed by atoms with Crippen molar-refractivity contribution in [2.45, 2.75) is 45.4 Å². The van der Waals surface area contributed by atoms with Gasteiger partial charge in [0.2, 0.25) is 5.88 Å². The van der Waals surface area contributed by atoms with Crippen LogP contribution in [0.15, 0.2) is 42.5 Å². The first-order valence-electron chi connectivity index (χ1n) is 7.73. The van der Waals surface area contributed by atoms with E-state index in [2.05, 4.69) is 41.5 Å². The van der Waals surface area contributed by atoms with Crippen LogP contribution in [0.4, 0.5) is 0 Å². The molecule has 0 atom stereocenters. The first kappa shape index (κ1) is 14.1. The van der Waals surface area contributed by atoms with E-state index in [0.717, 1.165) is 30.6 Å². The molecule has 21 heavy (non-hydrogen) atoms. The smallest absolute Gasteiger partial charge is 0.214 e. The van der Waals surface area contributed by atoms with Gasteiger partial charge in [-0.2, -0.15) is 0 Å². The van der Waals surface area contributed by atoms with E-state index in [0.29, 0.717) is 6.61 Å². The molecule has 1 aromatic heterocycles. The molecule has 1 aliphatic rings. The van der Waals surface area contributed by atoms with Gasteiger partial charge in [-0.3, -0.25) is 0 Å². The molecule has 0 saturated heterocycles. The van der Waals surface area contributed by atoms with Crippen molar-refractivity contribution in [3.8, 4) is 5.88 Å². The minimum atomic E-state index is 0.566. The Morgan fingerprint density at radius 1 is 1.14 bits per heavy atom. The molecule has 1 aromatic carbocycles. The molecule has 3 rings (SSSR count). The van der Waals surface area contributed by atoms with E-state index in [9.17, 15) is 0 Å². The highest BCUT2D eigenvalue weighted by molar-refractivity contribution is 5.26. The van der Waals surface area contributed by atoms with Crippen molar-refractivity contribution in [1.29, 1.82) is 0 Å². The number of benzene rings is 1. The molecular formula is C18H22N2O. The number of rotatable bonds is 7. The number of aromatic nitrogens is 1. The molecule has 0 radical (unpaired) electrons. The van der Waals surface area contributed by atoms with E-state index in [-0.39, 0.29) is 0 Å². The summed E-state index contributed by atoms with van der Waals surface area (Å²) in [6.07, 6.45) is 3.55. The van der Waals surface area contributed by atoms with E-state index in [1.807, 2.05) is 18.2 Å². The number of nitrogens with zero attached hydrogens (tertiary/aromatic N) is 1. The molecular weight excluding hydrogens is 260 g/mol. The van der Waals surface area contributed by atoms with Crippen molar-refractivity contribution in [2.24, 2.45) is 0 Å². The third kappa shape index (κ3) is 4.30. The second-order valence-corrected chi connectivity index (χ2v) is 5.59. The normalized spacial score (nSPS) is 14.1. The highest BCUT2D eigenvalue weighted by Crippen LogP contribution is 2.20. The number of hydrogen-bond acceptors (Lipinski definition) is 3. The molecule has 1 fully saturated rings. The summed E-state index contributed by atoms with van der Waals surface area (Å²) in [5.74, 6) is 0.728. The van der Waals surface area contributed by atoms with Gasteiger partial charge in [0.25, 0.3) is 0 Å². The number of ether oxygens (including phenoxy) is 1. The monoisotopic (exact) mass is 282 g/mol. The van der Waals surface area contributed by atoms with Crippen LogP contribution in [0.2, 0.25) is 0 Å². The summed E-state index contributed by atoms with van der Waals surface area (Å²) in [5, 5.41) is 3.54. The predicted octanol–water partition coefficient (Wildman–Crippen LogP) is 3.48. The lowest BCUT2D eigenvalue weighted by Crippen LogP contribution is -2.15. The van der Waals surface area contributed by atoms with Crippen LogP contribution in [0.5, 0.6) is 5.88 Å². The van der Waals surface area contributed by atoms with E-state index in [1.165, 1.54) is 24.0 Å². The summed E-state index contributed by atoms with van der Waals surface area (Å²) in [7, 11) is 0. The van der Waals surface area contributed by atoms with Crippen molar-refractivity contribution < 1.29 is 4.74 Å². The van der Waals surface area contributed by atoms with Gasteiger partial charge in [-0.25, -0.2) is 4.98 Å². The molecule has 1 heterocycles. The van der Waals surface area contributed by atoms with Gasteiger partial charge < -0.3 is 10.1 Å².